The number of aliphatic hydroxyl groups excluding tert-OH is 1. The quantitative estimate of drug-likeness (QED) is 0.900. The Morgan fingerprint density at radius 3 is 1.76 bits per heavy atom. The van der Waals surface area contributed by atoms with Crippen molar-refractivity contribution >= 4 is 12.4 Å². The van der Waals surface area contributed by atoms with Gasteiger partial charge in [0.05, 0.1) is 12.6 Å². The molecule has 0 spiro atoms. The second kappa shape index (κ2) is 7.59. The maximum absolute atomic E-state index is 9.97. The summed E-state index contributed by atoms with van der Waals surface area (Å²) in [6.45, 7) is 15.3. The predicted molar refractivity (Wildman–Crippen MR) is 91.6 cm³/mol. The minimum atomic E-state index is 0. The molecule has 1 saturated heterocycles. The molecule has 0 bridgehead atoms. The van der Waals surface area contributed by atoms with Gasteiger partial charge in [-0.05, 0) is 68.0 Å². The summed E-state index contributed by atoms with van der Waals surface area (Å²) in [7, 11) is 0. The van der Waals surface area contributed by atoms with E-state index in [1.165, 1.54) is 33.4 Å². The average Bonchev–Trinajstić information content (AvgIpc) is 2.48. The topological polar surface area (TPSA) is 35.5 Å². The molecule has 1 aromatic carbocycles. The Bertz CT molecular complexity index is 467. The van der Waals surface area contributed by atoms with E-state index in [2.05, 4.69) is 44.8 Å². The first-order chi connectivity index (χ1) is 9.49. The average molecular weight is 313 g/mol. The van der Waals surface area contributed by atoms with Crippen molar-refractivity contribution in [3.8, 4) is 0 Å². The van der Waals surface area contributed by atoms with Gasteiger partial charge in [0.2, 0.25) is 0 Å². The van der Waals surface area contributed by atoms with Gasteiger partial charge in [-0.1, -0.05) is 0 Å². The van der Waals surface area contributed by atoms with E-state index in [1.54, 1.807) is 0 Å². The highest BCUT2D eigenvalue weighted by molar-refractivity contribution is 5.85. The maximum atomic E-state index is 9.97. The van der Waals surface area contributed by atoms with Crippen LogP contribution in [-0.4, -0.2) is 42.8 Å². The predicted octanol–water partition coefficient (Wildman–Crippen LogP) is 2.59. The number of piperazine rings is 1. The fourth-order valence-corrected chi connectivity index (χ4v) is 3.41. The minimum absolute atomic E-state index is 0. The van der Waals surface area contributed by atoms with Crippen molar-refractivity contribution in [1.29, 1.82) is 0 Å². The lowest BCUT2D eigenvalue weighted by molar-refractivity contribution is 0.110. The Kier molecular flexibility index (Phi) is 6.67. The molecular formula is C17H29ClN2O. The molecule has 3 nitrogen and oxygen atoms in total. The molecule has 120 valence electrons. The van der Waals surface area contributed by atoms with E-state index >= 15 is 0 Å². The molecular weight excluding hydrogens is 284 g/mol. The molecule has 4 heteroatoms. The number of aliphatic hydroxyl groups is 1. The number of nitrogens with zero attached hydrogens (tertiary/aromatic N) is 1. The van der Waals surface area contributed by atoms with Gasteiger partial charge in [-0.2, -0.15) is 0 Å². The Hall–Kier alpha value is -0.610. The van der Waals surface area contributed by atoms with Crippen molar-refractivity contribution in [2.45, 2.75) is 40.7 Å². The van der Waals surface area contributed by atoms with Crippen LogP contribution in [0.3, 0.4) is 0 Å². The van der Waals surface area contributed by atoms with Crippen LogP contribution in [0, 0.1) is 34.6 Å². The van der Waals surface area contributed by atoms with Gasteiger partial charge in [0.15, 0.2) is 0 Å². The first-order valence-corrected chi connectivity index (χ1v) is 7.61. The van der Waals surface area contributed by atoms with E-state index in [0.29, 0.717) is 0 Å². The zero-order valence-electron chi connectivity index (χ0n) is 13.9. The molecule has 2 rings (SSSR count). The summed E-state index contributed by atoms with van der Waals surface area (Å²) in [5, 5.41) is 13.4. The van der Waals surface area contributed by atoms with Gasteiger partial charge in [0, 0.05) is 26.2 Å². The van der Waals surface area contributed by atoms with Crippen molar-refractivity contribution in [2.24, 2.45) is 0 Å². The molecule has 0 aromatic heterocycles. The molecule has 0 aliphatic carbocycles. The standard InChI is InChI=1S/C17H28N2O.ClH/c1-11-12(2)14(4)17(15(5)13(11)3)16(10-20)19-8-6-18-7-9-19;/h16,18,20H,6-10H2,1-5H3;1H/t16-;/m1./s1. The van der Waals surface area contributed by atoms with Crippen LogP contribution in [0.4, 0.5) is 0 Å². The summed E-state index contributed by atoms with van der Waals surface area (Å²) in [4.78, 5) is 2.42. The second-order valence-corrected chi connectivity index (χ2v) is 6.02. The second-order valence-electron chi connectivity index (χ2n) is 6.02. The first kappa shape index (κ1) is 18.4. The summed E-state index contributed by atoms with van der Waals surface area (Å²) in [6.07, 6.45) is 0. The molecule has 1 atom stereocenters. The molecule has 1 fully saturated rings. The summed E-state index contributed by atoms with van der Waals surface area (Å²) < 4.78 is 0. The van der Waals surface area contributed by atoms with E-state index < -0.39 is 0 Å². The zero-order chi connectivity index (χ0) is 14.9. The summed E-state index contributed by atoms with van der Waals surface area (Å²) in [5.74, 6) is 0. The Morgan fingerprint density at radius 1 is 0.905 bits per heavy atom. The fourth-order valence-electron chi connectivity index (χ4n) is 3.41. The summed E-state index contributed by atoms with van der Waals surface area (Å²) in [6, 6.07) is 0.134. The van der Waals surface area contributed by atoms with Crippen LogP contribution in [-0.2, 0) is 0 Å². The minimum Gasteiger partial charge on any atom is -0.394 e. The highest BCUT2D eigenvalue weighted by Crippen LogP contribution is 2.33. The first-order valence-electron chi connectivity index (χ1n) is 7.61. The van der Waals surface area contributed by atoms with Crippen molar-refractivity contribution in [3.63, 3.8) is 0 Å². The highest BCUT2D eigenvalue weighted by atomic mass is 35.5. The number of hydrogen-bond donors (Lipinski definition) is 2. The smallest absolute Gasteiger partial charge is 0.0628 e. The van der Waals surface area contributed by atoms with Gasteiger partial charge in [-0.15, -0.1) is 12.4 Å². The number of rotatable bonds is 3. The molecule has 1 aromatic rings. The SMILES string of the molecule is Cc1c(C)c(C)c([C@@H](CO)N2CCNCC2)c(C)c1C.Cl. The number of hydrogen-bond acceptors (Lipinski definition) is 3. The third kappa shape index (κ3) is 3.42. The van der Waals surface area contributed by atoms with Crippen LogP contribution in [0.15, 0.2) is 0 Å². The molecule has 21 heavy (non-hydrogen) atoms. The molecule has 1 aliphatic heterocycles. The van der Waals surface area contributed by atoms with Gasteiger partial charge >= 0.3 is 0 Å². The molecule has 0 saturated carbocycles. The summed E-state index contributed by atoms with van der Waals surface area (Å²) in [5.41, 5.74) is 8.18. The molecule has 0 amide bonds. The lowest BCUT2D eigenvalue weighted by Gasteiger charge is -2.36. The van der Waals surface area contributed by atoms with E-state index in [0.717, 1.165) is 26.2 Å². The van der Waals surface area contributed by atoms with Crippen molar-refractivity contribution in [3.05, 3.63) is 33.4 Å². The van der Waals surface area contributed by atoms with E-state index in [4.69, 9.17) is 0 Å². The fraction of sp³-hybridized carbons (Fsp3) is 0.647. The third-order valence-corrected chi connectivity index (χ3v) is 5.16. The van der Waals surface area contributed by atoms with Crippen LogP contribution in [0.1, 0.15) is 39.4 Å². The van der Waals surface area contributed by atoms with E-state index in [-0.39, 0.29) is 25.1 Å². The molecule has 2 N–H and O–H groups in total. The van der Waals surface area contributed by atoms with Gasteiger partial charge in [0.1, 0.15) is 0 Å². The molecule has 0 unspecified atom stereocenters. The normalized spacial score (nSPS) is 17.4. The number of benzene rings is 1. The van der Waals surface area contributed by atoms with Gasteiger partial charge < -0.3 is 10.4 Å². The van der Waals surface area contributed by atoms with Gasteiger partial charge in [-0.3, -0.25) is 4.90 Å². The third-order valence-electron chi connectivity index (χ3n) is 5.16. The van der Waals surface area contributed by atoms with Crippen molar-refractivity contribution in [1.82, 2.24) is 10.2 Å². The van der Waals surface area contributed by atoms with Crippen LogP contribution < -0.4 is 5.32 Å². The lowest BCUT2D eigenvalue weighted by Crippen LogP contribution is -2.46. The van der Waals surface area contributed by atoms with E-state index in [9.17, 15) is 5.11 Å². The lowest BCUT2D eigenvalue weighted by atomic mass is 9.86. The van der Waals surface area contributed by atoms with Gasteiger partial charge in [-0.25, -0.2) is 0 Å². The number of halogens is 1. The van der Waals surface area contributed by atoms with Crippen LogP contribution in [0.25, 0.3) is 0 Å². The Labute approximate surface area is 135 Å². The summed E-state index contributed by atoms with van der Waals surface area (Å²) >= 11 is 0. The van der Waals surface area contributed by atoms with E-state index in [1.807, 2.05) is 0 Å². The zero-order valence-corrected chi connectivity index (χ0v) is 14.7. The van der Waals surface area contributed by atoms with Crippen molar-refractivity contribution < 1.29 is 5.11 Å². The molecule has 1 heterocycles. The van der Waals surface area contributed by atoms with Crippen molar-refractivity contribution in [2.75, 3.05) is 32.8 Å². The molecule has 1 aliphatic rings. The van der Waals surface area contributed by atoms with Gasteiger partial charge in [0.25, 0.3) is 0 Å². The monoisotopic (exact) mass is 312 g/mol. The number of nitrogens with one attached hydrogen (secondary N) is 1. The largest absolute Gasteiger partial charge is 0.394 e. The Balaban J connectivity index is 0.00000220. The van der Waals surface area contributed by atoms with Crippen LogP contribution in [0.2, 0.25) is 0 Å². The molecule has 0 radical (unpaired) electrons. The Morgan fingerprint density at radius 2 is 1.33 bits per heavy atom. The maximum Gasteiger partial charge on any atom is 0.0628 e. The van der Waals surface area contributed by atoms with Crippen LogP contribution >= 0.6 is 12.4 Å². The highest BCUT2D eigenvalue weighted by Gasteiger charge is 2.26. The van der Waals surface area contributed by atoms with Crippen LogP contribution in [0.5, 0.6) is 0 Å².